The molecule has 34 heavy (non-hydrogen) atoms. The van der Waals surface area contributed by atoms with E-state index >= 15 is 0 Å². The lowest BCUT2D eigenvalue weighted by Crippen LogP contribution is -2.50. The number of carboxylic acids is 1. The molecule has 0 aliphatic heterocycles. The van der Waals surface area contributed by atoms with Crippen molar-refractivity contribution in [2.24, 2.45) is 5.92 Å². The summed E-state index contributed by atoms with van der Waals surface area (Å²) in [6, 6.07) is 13.7. The summed E-state index contributed by atoms with van der Waals surface area (Å²) in [7, 11) is 0. The molecular weight excluding hydrogens is 446 g/mol. The Labute approximate surface area is 195 Å². The molecule has 3 N–H and O–H groups in total. The summed E-state index contributed by atoms with van der Waals surface area (Å²) >= 11 is 0. The van der Waals surface area contributed by atoms with Gasteiger partial charge in [-0.25, -0.2) is 13.6 Å². The maximum Gasteiger partial charge on any atom is 0.407 e. The lowest BCUT2D eigenvalue weighted by molar-refractivity contribution is -0.141. The Balaban J connectivity index is 1.37. The molecule has 1 fully saturated rings. The average Bonchev–Trinajstić information content (AvgIpc) is 3.40. The number of ether oxygens (including phenoxy) is 1. The molecule has 2 aliphatic rings. The van der Waals surface area contributed by atoms with Gasteiger partial charge < -0.3 is 20.5 Å². The third-order valence-electron chi connectivity index (χ3n) is 6.49. The van der Waals surface area contributed by atoms with Crippen LogP contribution in [0.25, 0.3) is 11.1 Å². The fraction of sp³-hybridized carbons (Fsp3) is 0.400. The summed E-state index contributed by atoms with van der Waals surface area (Å²) in [5, 5.41) is 13.9. The minimum Gasteiger partial charge on any atom is -0.481 e. The standard InChI is InChI=1S/C25H26F2N2O5/c26-22(27)12-21(23(30)28-15-10-9-14(11-15)24(31)32)29-25(33)34-13-20-18-7-3-1-5-16(18)17-6-2-4-8-19(17)20/h1-8,14-15,20-22H,9-13H2,(H,28,30)(H,29,33)(H,31,32). The fourth-order valence-corrected chi connectivity index (χ4v) is 4.83. The molecule has 1 saturated carbocycles. The van der Waals surface area contributed by atoms with Crippen LogP contribution >= 0.6 is 0 Å². The Kier molecular flexibility index (Phi) is 7.09. The number of benzene rings is 2. The van der Waals surface area contributed by atoms with Crippen molar-refractivity contribution < 1.29 is 33.0 Å². The predicted octanol–water partition coefficient (Wildman–Crippen LogP) is 3.92. The highest BCUT2D eigenvalue weighted by Gasteiger charge is 2.34. The number of halogens is 2. The van der Waals surface area contributed by atoms with Gasteiger partial charge in [0.15, 0.2) is 0 Å². The Hall–Kier alpha value is -3.49. The number of alkyl carbamates (subject to hydrolysis) is 1. The third-order valence-corrected chi connectivity index (χ3v) is 6.49. The van der Waals surface area contributed by atoms with Crippen molar-refractivity contribution in [3.8, 4) is 11.1 Å². The van der Waals surface area contributed by atoms with E-state index in [4.69, 9.17) is 9.84 Å². The number of nitrogens with one attached hydrogen (secondary N) is 2. The molecule has 0 heterocycles. The van der Waals surface area contributed by atoms with E-state index in [1.54, 1.807) is 0 Å². The van der Waals surface area contributed by atoms with Gasteiger partial charge in [0.1, 0.15) is 12.6 Å². The zero-order valence-corrected chi connectivity index (χ0v) is 18.4. The van der Waals surface area contributed by atoms with Crippen molar-refractivity contribution in [1.82, 2.24) is 10.6 Å². The molecule has 2 aromatic rings. The molecule has 3 atom stereocenters. The number of hydrogen-bond donors (Lipinski definition) is 3. The van der Waals surface area contributed by atoms with E-state index in [1.165, 1.54) is 0 Å². The van der Waals surface area contributed by atoms with Gasteiger partial charge in [0.2, 0.25) is 12.3 Å². The minimum absolute atomic E-state index is 0.00814. The maximum atomic E-state index is 13.1. The van der Waals surface area contributed by atoms with E-state index in [2.05, 4.69) is 10.6 Å². The van der Waals surface area contributed by atoms with Gasteiger partial charge in [-0.3, -0.25) is 9.59 Å². The first-order valence-corrected chi connectivity index (χ1v) is 11.3. The number of carbonyl (C=O) groups excluding carboxylic acids is 2. The number of amides is 2. The monoisotopic (exact) mass is 472 g/mol. The number of fused-ring (bicyclic) bond motifs is 3. The number of carbonyl (C=O) groups is 3. The molecular formula is C25H26F2N2O5. The van der Waals surface area contributed by atoms with Crippen LogP contribution < -0.4 is 10.6 Å². The van der Waals surface area contributed by atoms with Gasteiger partial charge in [-0.2, -0.15) is 0 Å². The zero-order chi connectivity index (χ0) is 24.2. The maximum absolute atomic E-state index is 13.1. The van der Waals surface area contributed by atoms with Crippen LogP contribution in [0.1, 0.15) is 42.7 Å². The van der Waals surface area contributed by atoms with E-state index in [0.29, 0.717) is 12.8 Å². The molecule has 7 nitrogen and oxygen atoms in total. The lowest BCUT2D eigenvalue weighted by Gasteiger charge is -2.21. The van der Waals surface area contributed by atoms with Crippen LogP contribution in [-0.2, 0) is 14.3 Å². The van der Waals surface area contributed by atoms with Gasteiger partial charge in [0, 0.05) is 18.4 Å². The minimum atomic E-state index is -2.82. The van der Waals surface area contributed by atoms with Crippen LogP contribution in [0.5, 0.6) is 0 Å². The first-order valence-electron chi connectivity index (χ1n) is 11.3. The summed E-state index contributed by atoms with van der Waals surface area (Å²) in [6.07, 6.45) is -3.58. The van der Waals surface area contributed by atoms with Gasteiger partial charge >= 0.3 is 12.1 Å². The quantitative estimate of drug-likeness (QED) is 0.540. The molecule has 0 aromatic heterocycles. The molecule has 9 heteroatoms. The summed E-state index contributed by atoms with van der Waals surface area (Å²) in [5.74, 6) is -2.50. The van der Waals surface area contributed by atoms with Crippen molar-refractivity contribution in [2.75, 3.05) is 6.61 Å². The fourth-order valence-electron chi connectivity index (χ4n) is 4.83. The second-order valence-electron chi connectivity index (χ2n) is 8.70. The number of aliphatic carboxylic acids is 1. The first kappa shape index (κ1) is 23.7. The second-order valence-corrected chi connectivity index (χ2v) is 8.70. The zero-order valence-electron chi connectivity index (χ0n) is 18.4. The summed E-state index contributed by atoms with van der Waals surface area (Å²) in [5.41, 5.74) is 4.12. The number of carboxylic acid groups (broad SMARTS) is 1. The molecule has 0 spiro atoms. The van der Waals surface area contributed by atoms with E-state index in [9.17, 15) is 23.2 Å². The summed E-state index contributed by atoms with van der Waals surface area (Å²) < 4.78 is 31.5. The van der Waals surface area contributed by atoms with Gasteiger partial charge in [0.25, 0.3) is 0 Å². The van der Waals surface area contributed by atoms with Crippen LogP contribution in [0.2, 0.25) is 0 Å². The first-order chi connectivity index (χ1) is 16.3. The normalized spacial score (nSPS) is 19.9. The highest BCUT2D eigenvalue weighted by Crippen LogP contribution is 2.44. The van der Waals surface area contributed by atoms with E-state index in [0.717, 1.165) is 22.3 Å². The second kappa shape index (κ2) is 10.2. The average molecular weight is 472 g/mol. The Morgan fingerprint density at radius 3 is 2.18 bits per heavy atom. The highest BCUT2D eigenvalue weighted by atomic mass is 19.3. The van der Waals surface area contributed by atoms with Gasteiger partial charge in [0.05, 0.1) is 5.92 Å². The summed E-state index contributed by atoms with van der Waals surface area (Å²) in [6.45, 7) is -0.00814. The Morgan fingerprint density at radius 1 is 1.00 bits per heavy atom. The third kappa shape index (κ3) is 5.18. The van der Waals surface area contributed by atoms with E-state index in [1.807, 2.05) is 48.5 Å². The number of alkyl halides is 2. The largest absolute Gasteiger partial charge is 0.481 e. The van der Waals surface area contributed by atoms with E-state index in [-0.39, 0.29) is 18.9 Å². The van der Waals surface area contributed by atoms with Crippen molar-refractivity contribution in [3.63, 3.8) is 0 Å². The molecule has 2 aliphatic carbocycles. The summed E-state index contributed by atoms with van der Waals surface area (Å²) in [4.78, 5) is 36.1. The molecule has 0 bridgehead atoms. The Morgan fingerprint density at radius 2 is 1.62 bits per heavy atom. The molecule has 2 amide bonds. The Bertz CT molecular complexity index is 1030. The number of rotatable bonds is 8. The van der Waals surface area contributed by atoms with Crippen molar-refractivity contribution in [2.45, 2.75) is 50.1 Å². The molecule has 180 valence electrons. The van der Waals surface area contributed by atoms with Crippen LogP contribution in [-0.4, -0.2) is 48.2 Å². The van der Waals surface area contributed by atoms with Crippen LogP contribution in [0.4, 0.5) is 13.6 Å². The number of hydrogen-bond acceptors (Lipinski definition) is 4. The highest BCUT2D eigenvalue weighted by molar-refractivity contribution is 5.86. The van der Waals surface area contributed by atoms with Gasteiger partial charge in [-0.1, -0.05) is 48.5 Å². The molecule has 3 unspecified atom stereocenters. The van der Waals surface area contributed by atoms with Crippen molar-refractivity contribution >= 4 is 18.0 Å². The molecule has 4 rings (SSSR count). The van der Waals surface area contributed by atoms with Crippen LogP contribution in [0.15, 0.2) is 48.5 Å². The smallest absolute Gasteiger partial charge is 0.407 e. The molecule has 2 aromatic carbocycles. The van der Waals surface area contributed by atoms with E-state index < -0.39 is 48.8 Å². The van der Waals surface area contributed by atoms with Crippen molar-refractivity contribution in [1.29, 1.82) is 0 Å². The van der Waals surface area contributed by atoms with Crippen LogP contribution in [0, 0.1) is 5.92 Å². The topological polar surface area (TPSA) is 105 Å². The predicted molar refractivity (Wildman–Crippen MR) is 120 cm³/mol. The molecule has 0 saturated heterocycles. The lowest BCUT2D eigenvalue weighted by atomic mass is 9.98. The molecule has 0 radical (unpaired) electrons. The van der Waals surface area contributed by atoms with Crippen LogP contribution in [0.3, 0.4) is 0 Å². The van der Waals surface area contributed by atoms with Gasteiger partial charge in [-0.05, 0) is 41.5 Å². The SMILES string of the molecule is O=C(NC(CC(F)F)C(=O)NC1CCC(C(=O)O)C1)OCC1c2ccccc2-c2ccccc21. The van der Waals surface area contributed by atoms with Gasteiger partial charge in [-0.15, -0.1) is 0 Å². The van der Waals surface area contributed by atoms with Crippen molar-refractivity contribution in [3.05, 3.63) is 59.7 Å².